The van der Waals surface area contributed by atoms with Crippen LogP contribution in [0.1, 0.15) is 42.1 Å². The average Bonchev–Trinajstić information content (AvgIpc) is 4.00. The first-order valence-electron chi connectivity index (χ1n) is 20.1. The van der Waals surface area contributed by atoms with Crippen LogP contribution >= 0.6 is 11.6 Å². The molecule has 6 N–H and O–H groups in total. The van der Waals surface area contributed by atoms with E-state index in [1.807, 2.05) is 54.6 Å². The Morgan fingerprint density at radius 1 is 0.937 bits per heavy atom. The fraction of sp³-hybridized carbons (Fsp3) is 0.333. The van der Waals surface area contributed by atoms with Crippen LogP contribution in [0.4, 0.5) is 29.3 Å². The maximum atomic E-state index is 13.3. The fourth-order valence-electron chi connectivity index (χ4n) is 8.57. The van der Waals surface area contributed by atoms with Crippen LogP contribution in [0.3, 0.4) is 0 Å². The van der Waals surface area contributed by atoms with Crippen LogP contribution in [-0.4, -0.2) is 94.9 Å². The Bertz CT molecular complexity index is 2550. The van der Waals surface area contributed by atoms with Gasteiger partial charge in [-0.2, -0.15) is 13.2 Å². The number of halogens is 4. The Morgan fingerprint density at radius 2 is 1.62 bits per heavy atom. The molecule has 0 aliphatic carbocycles. The van der Waals surface area contributed by atoms with Gasteiger partial charge in [0.05, 0.1) is 42.1 Å². The van der Waals surface area contributed by atoms with E-state index in [1.54, 1.807) is 24.3 Å². The largest absolute Gasteiger partial charge is 0.542 e. The molecule has 63 heavy (non-hydrogen) atoms. The number of aliphatic hydroxyl groups excluding tert-OH is 1. The second-order valence-electron chi connectivity index (χ2n) is 16.3. The highest BCUT2D eigenvalue weighted by atomic mass is 35.5. The number of carboxylic acids is 1. The van der Waals surface area contributed by atoms with Crippen molar-refractivity contribution in [3.63, 3.8) is 0 Å². The predicted octanol–water partition coefficient (Wildman–Crippen LogP) is 5.55. The number of quaternary nitrogens is 1. The minimum Gasteiger partial charge on any atom is -0.542 e. The van der Waals surface area contributed by atoms with E-state index >= 15 is 0 Å². The fourth-order valence-corrected chi connectivity index (χ4v) is 8.82. The molecule has 1 aromatic heterocycles. The lowest BCUT2D eigenvalue weighted by atomic mass is 9.96. The summed E-state index contributed by atoms with van der Waals surface area (Å²) in [7, 11) is 4.49. The lowest BCUT2D eigenvalue weighted by Crippen LogP contribution is -2.60. The van der Waals surface area contributed by atoms with E-state index in [2.05, 4.69) is 35.0 Å². The number of rotatable bonds is 12. The van der Waals surface area contributed by atoms with Crippen LogP contribution in [0, 0.1) is 0 Å². The molecule has 18 heteroatoms. The lowest BCUT2D eigenvalue weighted by Gasteiger charge is -2.45. The molecule has 3 aliphatic rings. The monoisotopic (exact) mass is 891 g/mol. The molecule has 0 radical (unpaired) electrons. The maximum Gasteiger partial charge on any atom is 0.430 e. The summed E-state index contributed by atoms with van der Waals surface area (Å²) in [6.45, 7) is 0.603. The van der Waals surface area contributed by atoms with Gasteiger partial charge in [0.15, 0.2) is 0 Å². The van der Waals surface area contributed by atoms with Crippen LogP contribution in [0.15, 0.2) is 95.8 Å². The molecule has 6 atom stereocenters. The summed E-state index contributed by atoms with van der Waals surface area (Å²) in [5.74, 6) is -3.29. The minimum absolute atomic E-state index is 0.0706. The van der Waals surface area contributed by atoms with Gasteiger partial charge >= 0.3 is 12.3 Å². The predicted molar refractivity (Wildman–Crippen MR) is 226 cm³/mol. The molecular weight excluding hydrogens is 847 g/mol. The topological polar surface area (TPSA) is 205 Å². The van der Waals surface area contributed by atoms with E-state index in [-0.39, 0.29) is 54.0 Å². The standard InChI is InChI=1S/C43H44ClN5O7.C2HF3O2/c1-49(2)34-20-27(21-35(49)42-41(34)56-42)55-43(54)47-33-19-24(8-11-28(33)26-6-4-3-5-7-26)10-16-38(52)46-32-14-9-25(18-31(32)44)22-45-23-37(51)29-12-15-36(50)40-30(29)13-17-39(53)48-40;3-2(4,5)1(6)7/h3-9,11-15,17-19,27,34-35,37,41-42,45,51H,10,16,20-23H2,1-2H3,(H3-,46,47,48,50,52,53,54);(H,6,7)/t27?,34-,35+,37-,41-,42+;/m0./s1. The number of aryl methyl sites for hydroxylation is 1. The van der Waals surface area contributed by atoms with Gasteiger partial charge in [0, 0.05) is 49.4 Å². The second-order valence-corrected chi connectivity index (χ2v) is 16.7. The zero-order valence-electron chi connectivity index (χ0n) is 34.1. The number of aliphatic hydroxyl groups is 1. The summed E-state index contributed by atoms with van der Waals surface area (Å²) >= 11 is 6.57. The van der Waals surface area contributed by atoms with Gasteiger partial charge in [-0.05, 0) is 59.0 Å². The number of morpholine rings is 1. The number of carbonyl (C=O) groups excluding carboxylic acids is 3. The van der Waals surface area contributed by atoms with Crippen molar-refractivity contribution in [3.8, 4) is 16.9 Å². The first-order valence-corrected chi connectivity index (χ1v) is 20.5. The third-order valence-corrected chi connectivity index (χ3v) is 12.1. The number of benzene rings is 4. The van der Waals surface area contributed by atoms with E-state index < -0.39 is 24.3 Å². The van der Waals surface area contributed by atoms with Crippen molar-refractivity contribution < 1.29 is 56.8 Å². The number of carbonyl (C=O) groups is 3. The van der Waals surface area contributed by atoms with Gasteiger partial charge in [-0.3, -0.25) is 14.9 Å². The van der Waals surface area contributed by atoms with Crippen LogP contribution in [-0.2, 0) is 32.0 Å². The Kier molecular flexibility index (Phi) is 13.2. The van der Waals surface area contributed by atoms with Crippen molar-refractivity contribution >= 4 is 51.8 Å². The molecule has 4 heterocycles. The van der Waals surface area contributed by atoms with Gasteiger partial charge in [0.1, 0.15) is 42.1 Å². The molecule has 2 amide bonds. The van der Waals surface area contributed by atoms with Crippen molar-refractivity contribution in [2.24, 2.45) is 0 Å². The smallest absolute Gasteiger partial charge is 0.430 e. The molecule has 3 fully saturated rings. The molecule has 3 aliphatic heterocycles. The molecule has 14 nitrogen and oxygen atoms in total. The lowest BCUT2D eigenvalue weighted by molar-refractivity contribution is -0.938. The van der Waals surface area contributed by atoms with Crippen LogP contribution < -0.4 is 26.6 Å². The van der Waals surface area contributed by atoms with Crippen molar-refractivity contribution in [3.05, 3.63) is 123 Å². The molecule has 3 saturated heterocycles. The number of carboxylic acid groups (broad SMARTS) is 1. The third kappa shape index (κ3) is 10.5. The van der Waals surface area contributed by atoms with E-state index in [1.165, 1.54) is 12.1 Å². The van der Waals surface area contributed by atoms with E-state index in [9.17, 15) is 37.8 Å². The molecule has 2 bridgehead atoms. The highest BCUT2D eigenvalue weighted by molar-refractivity contribution is 6.33. The molecule has 4 aromatic carbocycles. The van der Waals surface area contributed by atoms with Gasteiger partial charge in [0.25, 0.3) is 0 Å². The normalized spacial score (nSPS) is 21.0. The summed E-state index contributed by atoms with van der Waals surface area (Å²) in [6, 6.07) is 27.7. The number of hydrogen-bond acceptors (Lipinski definition) is 10. The number of nitrogens with one attached hydrogen (secondary N) is 4. The summed E-state index contributed by atoms with van der Waals surface area (Å²) < 4.78 is 44.3. The van der Waals surface area contributed by atoms with Crippen molar-refractivity contribution in [1.82, 2.24) is 10.3 Å². The zero-order chi connectivity index (χ0) is 45.2. The Labute approximate surface area is 364 Å². The third-order valence-electron chi connectivity index (χ3n) is 11.8. The molecule has 5 aromatic rings. The summed E-state index contributed by atoms with van der Waals surface area (Å²) in [5, 5.41) is 39.9. The number of phenols is 1. The molecule has 0 saturated carbocycles. The number of anilines is 2. The molecule has 8 rings (SSSR count). The Hall–Kier alpha value is -5.98. The number of ether oxygens (including phenoxy) is 2. The number of aromatic nitrogens is 1. The van der Waals surface area contributed by atoms with Crippen molar-refractivity contribution in [2.45, 2.75) is 74.9 Å². The summed E-state index contributed by atoms with van der Waals surface area (Å²) in [4.78, 5) is 49.5. The number of fused-ring (bicyclic) bond motifs is 6. The second kappa shape index (κ2) is 18.4. The number of amides is 2. The van der Waals surface area contributed by atoms with E-state index in [0.717, 1.165) is 39.6 Å². The highest BCUT2D eigenvalue weighted by Gasteiger charge is 2.70. The van der Waals surface area contributed by atoms with E-state index in [4.69, 9.17) is 31.0 Å². The minimum atomic E-state index is -5.19. The zero-order valence-corrected chi connectivity index (χ0v) is 34.8. The summed E-state index contributed by atoms with van der Waals surface area (Å²) in [6.07, 6.45) is -4.04. The number of piperidine rings is 1. The van der Waals surface area contributed by atoms with Crippen LogP contribution in [0.5, 0.6) is 5.75 Å². The number of phenolic OH excluding ortho intramolecular Hbond substituents is 1. The number of likely N-dealkylation sites (N-methyl/N-ethyl adjacent to an activating group) is 1. The number of nitrogens with zero attached hydrogens (tertiary/aromatic N) is 1. The number of epoxide rings is 1. The Balaban J connectivity index is 0.000000785. The van der Waals surface area contributed by atoms with Gasteiger partial charge in [-0.1, -0.05) is 66.2 Å². The molecule has 332 valence electrons. The van der Waals surface area contributed by atoms with Crippen molar-refractivity contribution in [1.29, 1.82) is 0 Å². The number of aliphatic carboxylic acids is 1. The first kappa shape index (κ1) is 45.1. The number of pyridine rings is 1. The molecule has 0 spiro atoms. The maximum absolute atomic E-state index is 13.3. The van der Waals surface area contributed by atoms with Gasteiger partial charge < -0.3 is 49.7 Å². The van der Waals surface area contributed by atoms with Crippen LogP contribution in [0.2, 0.25) is 5.02 Å². The van der Waals surface area contributed by atoms with Gasteiger partial charge in [-0.15, -0.1) is 0 Å². The highest BCUT2D eigenvalue weighted by Crippen LogP contribution is 2.51. The summed E-state index contributed by atoms with van der Waals surface area (Å²) in [5.41, 5.74) is 5.13. The van der Waals surface area contributed by atoms with Crippen molar-refractivity contribution in [2.75, 3.05) is 31.3 Å². The molecule has 1 unspecified atom stereocenters. The number of aromatic hydroxyl groups is 1. The van der Waals surface area contributed by atoms with Gasteiger partial charge in [0.2, 0.25) is 11.5 Å². The van der Waals surface area contributed by atoms with Crippen LogP contribution in [0.25, 0.3) is 22.0 Å². The van der Waals surface area contributed by atoms with E-state index in [0.29, 0.717) is 52.4 Å². The SMILES string of the molecule is C[N+]1(C)[C@@H]2CC(OC(=O)Nc3cc(CCC(=O)Nc4ccc(CNC[C@H](O)c5ccc(O)c6[nH]c(=O)ccc56)cc4Cl)ccc3-c3ccccc3)C[C@H]1[C@@H]1O[C@@H]12.O=C([O-])C(F)(F)F. The van der Waals surface area contributed by atoms with Gasteiger partial charge in [-0.25, -0.2) is 4.79 Å². The number of alkyl halides is 3. The number of hydrogen-bond donors (Lipinski definition) is 6. The number of aromatic amines is 1. The Morgan fingerprint density at radius 3 is 2.29 bits per heavy atom. The quantitative estimate of drug-likeness (QED) is 0.0681. The first-order chi connectivity index (χ1) is 29.9. The molecular formula is C45H45ClF3N5O9. The average molecular weight is 892 g/mol. The number of H-pyrrole nitrogens is 1.